The molecule has 0 unspecified atom stereocenters. The number of pyridine rings is 1. The van der Waals surface area contributed by atoms with E-state index >= 15 is 0 Å². The van der Waals surface area contributed by atoms with Gasteiger partial charge in [0.1, 0.15) is 0 Å². The summed E-state index contributed by atoms with van der Waals surface area (Å²) >= 11 is 0. The number of methoxy groups -OCH3 is 1. The lowest BCUT2D eigenvalue weighted by Crippen LogP contribution is -2.37. The number of nitrogens with zero attached hydrogens (tertiary/aromatic N) is 2. The molecule has 4 heteroatoms. The van der Waals surface area contributed by atoms with Crippen LogP contribution in [0.25, 0.3) is 0 Å². The summed E-state index contributed by atoms with van der Waals surface area (Å²) in [5.74, 6) is 0. The molecular formula is C16H29N3O. The van der Waals surface area contributed by atoms with Crippen molar-refractivity contribution in [3.05, 3.63) is 23.0 Å². The van der Waals surface area contributed by atoms with Crippen molar-refractivity contribution < 1.29 is 4.74 Å². The van der Waals surface area contributed by atoms with Crippen LogP contribution in [0.5, 0.6) is 0 Å². The lowest BCUT2D eigenvalue weighted by molar-refractivity contribution is 0.109. The van der Waals surface area contributed by atoms with Gasteiger partial charge in [0.05, 0.1) is 12.3 Å². The monoisotopic (exact) mass is 279 g/mol. The molecule has 0 amide bonds. The molecule has 0 spiro atoms. The number of hydrogen-bond donors (Lipinski definition) is 1. The molecule has 0 bridgehead atoms. The summed E-state index contributed by atoms with van der Waals surface area (Å²) in [5.41, 5.74) is 10.2. The average molecular weight is 279 g/mol. The summed E-state index contributed by atoms with van der Waals surface area (Å²) in [6, 6.07) is 0.564. The van der Waals surface area contributed by atoms with Gasteiger partial charge < -0.3 is 10.5 Å². The highest BCUT2D eigenvalue weighted by Crippen LogP contribution is 2.21. The zero-order valence-electron chi connectivity index (χ0n) is 13.6. The quantitative estimate of drug-likeness (QED) is 0.795. The van der Waals surface area contributed by atoms with Gasteiger partial charge in [-0.3, -0.25) is 9.88 Å². The van der Waals surface area contributed by atoms with Gasteiger partial charge in [0, 0.05) is 38.1 Å². The highest BCUT2D eigenvalue weighted by atomic mass is 16.5. The van der Waals surface area contributed by atoms with Gasteiger partial charge in [-0.15, -0.1) is 0 Å². The van der Waals surface area contributed by atoms with Crippen LogP contribution in [-0.2, 0) is 11.3 Å². The topological polar surface area (TPSA) is 51.4 Å². The minimum Gasteiger partial charge on any atom is -0.398 e. The minimum absolute atomic E-state index is 0.564. The Morgan fingerprint density at radius 3 is 2.50 bits per heavy atom. The van der Waals surface area contributed by atoms with Gasteiger partial charge in [-0.2, -0.15) is 0 Å². The second kappa shape index (κ2) is 8.22. The molecule has 1 aromatic rings. The van der Waals surface area contributed by atoms with Gasteiger partial charge in [0.15, 0.2) is 0 Å². The Balaban J connectivity index is 2.91. The average Bonchev–Trinajstić information content (AvgIpc) is 2.46. The number of anilines is 1. The van der Waals surface area contributed by atoms with Gasteiger partial charge in [0.25, 0.3) is 0 Å². The lowest BCUT2D eigenvalue weighted by atomic mass is 10.1. The van der Waals surface area contributed by atoms with E-state index in [0.29, 0.717) is 6.04 Å². The smallest absolute Gasteiger partial charge is 0.0593 e. The Hall–Kier alpha value is -1.13. The molecule has 0 aromatic carbocycles. The van der Waals surface area contributed by atoms with E-state index in [4.69, 9.17) is 10.5 Å². The van der Waals surface area contributed by atoms with Gasteiger partial charge in [-0.25, -0.2) is 0 Å². The predicted octanol–water partition coefficient (Wildman–Crippen LogP) is 2.92. The third kappa shape index (κ3) is 4.18. The first-order valence-electron chi connectivity index (χ1n) is 7.48. The molecule has 0 aliphatic heterocycles. The minimum atomic E-state index is 0.564. The van der Waals surface area contributed by atoms with Crippen LogP contribution < -0.4 is 5.73 Å². The van der Waals surface area contributed by atoms with Gasteiger partial charge >= 0.3 is 0 Å². The summed E-state index contributed by atoms with van der Waals surface area (Å²) < 4.78 is 5.24. The first kappa shape index (κ1) is 16.9. The van der Waals surface area contributed by atoms with Crippen molar-refractivity contribution in [3.8, 4) is 0 Å². The van der Waals surface area contributed by atoms with Crippen LogP contribution in [0, 0.1) is 13.8 Å². The number of hydrogen-bond acceptors (Lipinski definition) is 4. The number of ether oxygens (including phenoxy) is 1. The Morgan fingerprint density at radius 1 is 1.30 bits per heavy atom. The molecule has 0 atom stereocenters. The molecular weight excluding hydrogens is 250 g/mol. The van der Waals surface area contributed by atoms with E-state index in [1.54, 1.807) is 7.11 Å². The normalized spacial score (nSPS) is 11.6. The van der Waals surface area contributed by atoms with Crippen molar-refractivity contribution >= 4 is 5.69 Å². The van der Waals surface area contributed by atoms with Crippen molar-refractivity contribution in [2.45, 2.75) is 53.1 Å². The number of rotatable bonds is 8. The first-order chi connectivity index (χ1) is 9.54. The molecule has 114 valence electrons. The number of aryl methyl sites for hydroxylation is 1. The van der Waals surface area contributed by atoms with E-state index in [9.17, 15) is 0 Å². The Bertz CT molecular complexity index is 416. The largest absolute Gasteiger partial charge is 0.398 e. The summed E-state index contributed by atoms with van der Waals surface area (Å²) in [5, 5.41) is 0. The fraction of sp³-hybridized carbons (Fsp3) is 0.688. The molecule has 0 radical (unpaired) electrons. The summed E-state index contributed by atoms with van der Waals surface area (Å²) in [6.07, 6.45) is 4.15. The maximum absolute atomic E-state index is 6.12. The Labute approximate surface area is 123 Å². The van der Waals surface area contributed by atoms with Crippen molar-refractivity contribution in [1.29, 1.82) is 0 Å². The fourth-order valence-electron chi connectivity index (χ4n) is 2.55. The number of nitrogens with two attached hydrogens (primary N) is 1. The van der Waals surface area contributed by atoms with E-state index in [-0.39, 0.29) is 0 Å². The molecule has 1 heterocycles. The molecule has 1 rings (SSSR count). The highest BCUT2D eigenvalue weighted by molar-refractivity contribution is 5.53. The molecule has 2 N–H and O–H groups in total. The van der Waals surface area contributed by atoms with Crippen LogP contribution in [0.4, 0.5) is 5.69 Å². The van der Waals surface area contributed by atoms with Crippen molar-refractivity contribution in [3.63, 3.8) is 0 Å². The second-order valence-electron chi connectivity index (χ2n) is 5.36. The number of nitrogen functional groups attached to an aromatic ring is 1. The molecule has 4 nitrogen and oxygen atoms in total. The van der Waals surface area contributed by atoms with Crippen molar-refractivity contribution in [1.82, 2.24) is 9.88 Å². The second-order valence-corrected chi connectivity index (χ2v) is 5.36. The van der Waals surface area contributed by atoms with Crippen LogP contribution in [-0.4, -0.2) is 36.2 Å². The van der Waals surface area contributed by atoms with Crippen molar-refractivity contribution in [2.75, 3.05) is 26.0 Å². The fourth-order valence-corrected chi connectivity index (χ4v) is 2.55. The van der Waals surface area contributed by atoms with E-state index < -0.39 is 0 Å². The first-order valence-corrected chi connectivity index (χ1v) is 7.48. The zero-order chi connectivity index (χ0) is 15.1. The molecule has 0 saturated carbocycles. The third-order valence-corrected chi connectivity index (χ3v) is 4.07. The maximum Gasteiger partial charge on any atom is 0.0593 e. The van der Waals surface area contributed by atoms with Crippen LogP contribution in [0.1, 0.15) is 43.5 Å². The van der Waals surface area contributed by atoms with Crippen molar-refractivity contribution in [2.24, 2.45) is 0 Å². The third-order valence-electron chi connectivity index (χ3n) is 4.07. The SMILES string of the molecule is CCC(CC)N(CCOC)Cc1ncc(C)c(N)c1C. The molecule has 0 saturated heterocycles. The molecule has 20 heavy (non-hydrogen) atoms. The van der Waals surface area contributed by atoms with Crippen LogP contribution >= 0.6 is 0 Å². The van der Waals surface area contributed by atoms with Gasteiger partial charge in [0.2, 0.25) is 0 Å². The zero-order valence-corrected chi connectivity index (χ0v) is 13.6. The summed E-state index contributed by atoms with van der Waals surface area (Å²) in [6.45, 7) is 11.0. The molecule has 0 aliphatic rings. The maximum atomic E-state index is 6.12. The van der Waals surface area contributed by atoms with Crippen LogP contribution in [0.2, 0.25) is 0 Å². The van der Waals surface area contributed by atoms with E-state index in [0.717, 1.165) is 55.0 Å². The number of aromatic nitrogens is 1. The summed E-state index contributed by atoms with van der Waals surface area (Å²) in [7, 11) is 1.75. The van der Waals surface area contributed by atoms with Crippen LogP contribution in [0.3, 0.4) is 0 Å². The molecule has 0 fully saturated rings. The lowest BCUT2D eigenvalue weighted by Gasteiger charge is -2.30. The van der Waals surface area contributed by atoms with E-state index in [1.807, 2.05) is 13.1 Å². The van der Waals surface area contributed by atoms with Crippen LogP contribution in [0.15, 0.2) is 6.20 Å². The Morgan fingerprint density at radius 2 is 1.95 bits per heavy atom. The van der Waals surface area contributed by atoms with Gasteiger partial charge in [-0.1, -0.05) is 13.8 Å². The van der Waals surface area contributed by atoms with Gasteiger partial charge in [-0.05, 0) is 37.8 Å². The molecule has 0 aliphatic carbocycles. The standard InChI is InChI=1S/C16H29N3O/c1-6-14(7-2)19(8-9-20-5)11-15-13(4)16(17)12(3)10-18-15/h10,14H,6-9,11H2,1-5H3,(H2,17,18). The molecule has 1 aromatic heterocycles. The summed E-state index contributed by atoms with van der Waals surface area (Å²) in [4.78, 5) is 7.03. The van der Waals surface area contributed by atoms with E-state index in [1.165, 1.54) is 0 Å². The van der Waals surface area contributed by atoms with E-state index in [2.05, 4.69) is 30.7 Å². The highest BCUT2D eigenvalue weighted by Gasteiger charge is 2.17. The Kier molecular flexibility index (Phi) is 6.96. The predicted molar refractivity (Wildman–Crippen MR) is 84.8 cm³/mol.